The van der Waals surface area contributed by atoms with E-state index in [1.54, 1.807) is 0 Å². The van der Waals surface area contributed by atoms with Gasteiger partial charge in [-0.2, -0.15) is 0 Å². The van der Waals surface area contributed by atoms with Gasteiger partial charge in [0.05, 0.1) is 12.5 Å². The first-order chi connectivity index (χ1) is 16.6. The normalized spacial score (nSPS) is 12.3. The monoisotopic (exact) mass is 496 g/mol. The fourth-order valence-electron chi connectivity index (χ4n) is 3.97. The topological polar surface area (TPSA) is 102 Å². The fraction of sp³-hybridized carbons (Fsp3) is 0.321. The van der Waals surface area contributed by atoms with E-state index >= 15 is 0 Å². The van der Waals surface area contributed by atoms with Crippen LogP contribution in [-0.2, 0) is 24.1 Å². The minimum Gasteiger partial charge on any atom is -0.508 e. The second-order valence-electron chi connectivity index (χ2n) is 9.46. The van der Waals surface area contributed by atoms with Crippen LogP contribution in [0, 0.1) is 0 Å². The van der Waals surface area contributed by atoms with Gasteiger partial charge in [0.15, 0.2) is 0 Å². The van der Waals surface area contributed by atoms with Gasteiger partial charge < -0.3 is 26.0 Å². The van der Waals surface area contributed by atoms with Crippen molar-refractivity contribution < 1.29 is 20.1 Å². The van der Waals surface area contributed by atoms with Crippen LogP contribution in [0.4, 0.5) is 0 Å². The average molecular weight is 497 g/mol. The number of hydrogen-bond donors (Lipinski definition) is 5. The number of aliphatic hydroxyl groups is 1. The average Bonchev–Trinajstić information content (AvgIpc) is 2.78. The van der Waals surface area contributed by atoms with Crippen molar-refractivity contribution in [1.82, 2.24) is 10.6 Å². The van der Waals surface area contributed by atoms with E-state index in [0.29, 0.717) is 30.0 Å². The lowest BCUT2D eigenvalue weighted by molar-refractivity contribution is -0.120. The number of nitrogens with one attached hydrogen (secondary N) is 2. The molecule has 1 atom stereocenters. The van der Waals surface area contributed by atoms with Gasteiger partial charge in [-0.25, -0.2) is 0 Å². The zero-order valence-electron chi connectivity index (χ0n) is 20.1. The molecule has 0 heterocycles. The number of phenolic OH excluding ortho intramolecular Hbond substituents is 2. The number of β-amino-alcohol motifs (C(OH)–C–C–N with tert-alkyl or cyclic N) is 1. The molecule has 0 aromatic heterocycles. The van der Waals surface area contributed by atoms with Crippen molar-refractivity contribution in [3.8, 4) is 11.5 Å². The van der Waals surface area contributed by atoms with Crippen LogP contribution in [0.25, 0.3) is 0 Å². The SMILES string of the molecule is CC(C)(Cc1cccc(CC(=O)NCCc2ccc(Cl)cc2)c1)NC[C@H](O)c1cc(O)cc(O)c1. The van der Waals surface area contributed by atoms with Crippen molar-refractivity contribution in [3.63, 3.8) is 0 Å². The third-order valence-corrected chi connectivity index (χ3v) is 5.99. The van der Waals surface area contributed by atoms with Gasteiger partial charge in [-0.3, -0.25) is 4.79 Å². The van der Waals surface area contributed by atoms with Crippen molar-refractivity contribution in [2.24, 2.45) is 0 Å². The number of amides is 1. The molecule has 0 fully saturated rings. The Morgan fingerprint density at radius 1 is 0.943 bits per heavy atom. The lowest BCUT2D eigenvalue weighted by Gasteiger charge is -2.28. The molecule has 3 rings (SSSR count). The molecule has 0 unspecified atom stereocenters. The second kappa shape index (κ2) is 12.1. The maximum atomic E-state index is 12.4. The Kier molecular flexibility index (Phi) is 9.15. The number of aromatic hydroxyl groups is 2. The second-order valence-corrected chi connectivity index (χ2v) is 9.90. The fourth-order valence-corrected chi connectivity index (χ4v) is 4.09. The van der Waals surface area contributed by atoms with Gasteiger partial charge in [-0.05, 0) is 73.2 Å². The highest BCUT2D eigenvalue weighted by atomic mass is 35.5. The van der Waals surface area contributed by atoms with Crippen LogP contribution in [0.2, 0.25) is 5.02 Å². The molecule has 3 aromatic rings. The number of rotatable bonds is 11. The van der Waals surface area contributed by atoms with Gasteiger partial charge in [-0.15, -0.1) is 0 Å². The smallest absolute Gasteiger partial charge is 0.224 e. The Balaban J connectivity index is 1.48. The highest BCUT2D eigenvalue weighted by Crippen LogP contribution is 2.25. The van der Waals surface area contributed by atoms with E-state index in [-0.39, 0.29) is 29.5 Å². The van der Waals surface area contributed by atoms with Crippen molar-refractivity contribution in [1.29, 1.82) is 0 Å². The highest BCUT2D eigenvalue weighted by molar-refractivity contribution is 6.30. The molecule has 6 nitrogen and oxygen atoms in total. The van der Waals surface area contributed by atoms with Gasteiger partial charge >= 0.3 is 0 Å². The van der Waals surface area contributed by atoms with Crippen LogP contribution in [0.15, 0.2) is 66.7 Å². The summed E-state index contributed by atoms with van der Waals surface area (Å²) < 4.78 is 0. The number of benzene rings is 3. The van der Waals surface area contributed by atoms with Gasteiger partial charge in [0.1, 0.15) is 11.5 Å². The zero-order valence-corrected chi connectivity index (χ0v) is 20.8. The van der Waals surface area contributed by atoms with Crippen molar-refractivity contribution in [3.05, 3.63) is 94.0 Å². The van der Waals surface area contributed by atoms with Gasteiger partial charge in [-0.1, -0.05) is 48.0 Å². The minimum atomic E-state index is -0.879. The quantitative estimate of drug-likeness (QED) is 0.272. The molecular formula is C28H33ClN2O4. The molecule has 5 N–H and O–H groups in total. The molecule has 0 spiro atoms. The number of phenols is 2. The van der Waals surface area contributed by atoms with Gasteiger partial charge in [0.25, 0.3) is 0 Å². The van der Waals surface area contributed by atoms with Gasteiger partial charge in [0, 0.05) is 29.7 Å². The zero-order chi connectivity index (χ0) is 25.4. The van der Waals surface area contributed by atoms with E-state index in [0.717, 1.165) is 23.1 Å². The van der Waals surface area contributed by atoms with E-state index in [1.165, 1.54) is 18.2 Å². The summed E-state index contributed by atoms with van der Waals surface area (Å²) in [5.41, 5.74) is 3.25. The highest BCUT2D eigenvalue weighted by Gasteiger charge is 2.20. The Bertz CT molecular complexity index is 1110. The van der Waals surface area contributed by atoms with Crippen LogP contribution in [0.5, 0.6) is 11.5 Å². The first-order valence-electron chi connectivity index (χ1n) is 11.6. The summed E-state index contributed by atoms with van der Waals surface area (Å²) in [7, 11) is 0. The van der Waals surface area contributed by atoms with E-state index in [4.69, 9.17) is 11.6 Å². The molecule has 0 aliphatic heterocycles. The van der Waals surface area contributed by atoms with Crippen molar-refractivity contribution in [2.45, 2.75) is 44.8 Å². The molecule has 7 heteroatoms. The number of carbonyl (C=O) groups excluding carboxylic acids is 1. The first kappa shape index (κ1) is 26.5. The molecule has 186 valence electrons. The molecule has 0 bridgehead atoms. The van der Waals surface area contributed by atoms with Crippen LogP contribution >= 0.6 is 11.6 Å². The third kappa shape index (κ3) is 8.91. The number of hydrogen-bond acceptors (Lipinski definition) is 5. The van der Waals surface area contributed by atoms with E-state index in [1.807, 2.05) is 62.4 Å². The summed E-state index contributed by atoms with van der Waals surface area (Å²) in [5.74, 6) is -0.209. The van der Waals surface area contributed by atoms with Crippen molar-refractivity contribution in [2.75, 3.05) is 13.1 Å². The molecule has 3 aromatic carbocycles. The largest absolute Gasteiger partial charge is 0.508 e. The maximum absolute atomic E-state index is 12.4. The molecule has 0 aliphatic carbocycles. The van der Waals surface area contributed by atoms with Crippen LogP contribution in [-0.4, -0.2) is 39.9 Å². The van der Waals surface area contributed by atoms with Crippen molar-refractivity contribution >= 4 is 17.5 Å². The molecule has 0 radical (unpaired) electrons. The standard InChI is InChI=1S/C28H33ClN2O4/c1-28(2,31-18-26(34)22-14-24(32)16-25(33)15-22)17-21-5-3-4-20(12-21)13-27(35)30-11-10-19-6-8-23(29)9-7-19/h3-9,12,14-16,26,31-34H,10-11,13,17-18H2,1-2H3,(H,30,35)/t26-/m0/s1. The predicted octanol–water partition coefficient (Wildman–Crippen LogP) is 4.30. The summed E-state index contributed by atoms with van der Waals surface area (Å²) in [4.78, 5) is 12.4. The predicted molar refractivity (Wildman–Crippen MR) is 139 cm³/mol. The molecule has 0 saturated carbocycles. The lowest BCUT2D eigenvalue weighted by Crippen LogP contribution is -2.43. The summed E-state index contributed by atoms with van der Waals surface area (Å²) in [6.45, 7) is 4.90. The number of halogens is 1. The summed E-state index contributed by atoms with van der Waals surface area (Å²) in [6.07, 6.45) is 0.866. The Morgan fingerprint density at radius 2 is 1.60 bits per heavy atom. The van der Waals surface area contributed by atoms with Crippen LogP contribution in [0.1, 0.15) is 42.2 Å². The lowest BCUT2D eigenvalue weighted by atomic mass is 9.93. The molecular weight excluding hydrogens is 464 g/mol. The minimum absolute atomic E-state index is 0.0222. The molecule has 0 saturated heterocycles. The number of aliphatic hydroxyl groups excluding tert-OH is 1. The first-order valence-corrected chi connectivity index (χ1v) is 12.0. The van der Waals surface area contributed by atoms with E-state index in [9.17, 15) is 20.1 Å². The number of carbonyl (C=O) groups is 1. The Labute approximate surface area is 211 Å². The Hall–Kier alpha value is -3.06. The van der Waals surface area contributed by atoms with E-state index < -0.39 is 6.10 Å². The third-order valence-electron chi connectivity index (χ3n) is 5.73. The maximum Gasteiger partial charge on any atom is 0.224 e. The van der Waals surface area contributed by atoms with Crippen LogP contribution in [0.3, 0.4) is 0 Å². The molecule has 0 aliphatic rings. The molecule has 35 heavy (non-hydrogen) atoms. The summed E-state index contributed by atoms with van der Waals surface area (Å²) >= 11 is 5.90. The Morgan fingerprint density at radius 3 is 2.29 bits per heavy atom. The van der Waals surface area contributed by atoms with E-state index in [2.05, 4.69) is 10.6 Å². The summed E-state index contributed by atoms with van der Waals surface area (Å²) in [5, 5.41) is 36.8. The molecule has 1 amide bonds. The van der Waals surface area contributed by atoms with Crippen LogP contribution < -0.4 is 10.6 Å². The summed E-state index contributed by atoms with van der Waals surface area (Å²) in [6, 6.07) is 19.7. The van der Waals surface area contributed by atoms with Gasteiger partial charge in [0.2, 0.25) is 5.91 Å².